The van der Waals surface area contributed by atoms with Crippen LogP contribution in [0.4, 0.5) is 4.39 Å². The maximum absolute atomic E-state index is 12.1. The van der Waals surface area contributed by atoms with Gasteiger partial charge in [0.15, 0.2) is 0 Å². The zero-order valence-corrected chi connectivity index (χ0v) is 9.87. The number of aliphatic hydroxyl groups excluding tert-OH is 1. The van der Waals surface area contributed by atoms with Crippen molar-refractivity contribution in [2.75, 3.05) is 39.4 Å². The molecule has 0 saturated carbocycles. The second kappa shape index (κ2) is 5.87. The van der Waals surface area contributed by atoms with Crippen molar-refractivity contribution in [1.29, 1.82) is 0 Å². The van der Waals surface area contributed by atoms with Gasteiger partial charge in [0.25, 0.3) is 10.2 Å². The topological polar surface area (TPSA) is 86.9 Å². The highest BCUT2D eigenvalue weighted by molar-refractivity contribution is 7.86. The lowest BCUT2D eigenvalue weighted by molar-refractivity contribution is 0.0919. The smallest absolute Gasteiger partial charge is 0.276 e. The number of nitrogens with zero attached hydrogens (tertiary/aromatic N) is 2. The molecule has 1 aliphatic rings. The summed E-state index contributed by atoms with van der Waals surface area (Å²) in [5, 5.41) is 14.2. The summed E-state index contributed by atoms with van der Waals surface area (Å²) in [7, 11) is -3.64. The standard InChI is InChI=1S/C8H18FN3O3S/c9-6-8(13)7-11-2-1-3-12(5-4-11)16(10,14)15/h8,13H,1-7H2,(H2,10,14,15)/t8-/m1/s1. The molecule has 1 saturated heterocycles. The van der Waals surface area contributed by atoms with Crippen molar-refractivity contribution in [1.82, 2.24) is 9.21 Å². The van der Waals surface area contributed by atoms with Crippen LogP contribution in [0.1, 0.15) is 6.42 Å². The quantitative estimate of drug-likeness (QED) is 0.642. The van der Waals surface area contributed by atoms with E-state index in [1.807, 2.05) is 4.90 Å². The molecule has 0 aromatic heterocycles. The molecule has 1 rings (SSSR count). The number of β-amino-alcohol motifs (C(OH)–C–C–N with tert-alkyl or cyclic N) is 1. The molecule has 0 radical (unpaired) electrons. The Labute approximate surface area is 95.0 Å². The van der Waals surface area contributed by atoms with Crippen molar-refractivity contribution in [3.05, 3.63) is 0 Å². The van der Waals surface area contributed by atoms with Crippen LogP contribution in [-0.4, -0.2) is 68.2 Å². The van der Waals surface area contributed by atoms with Gasteiger partial charge in [0, 0.05) is 26.2 Å². The molecule has 8 heteroatoms. The molecule has 0 bridgehead atoms. The molecule has 1 atom stereocenters. The third-order valence-electron chi connectivity index (χ3n) is 2.55. The van der Waals surface area contributed by atoms with Gasteiger partial charge in [-0.25, -0.2) is 9.53 Å². The van der Waals surface area contributed by atoms with Crippen molar-refractivity contribution < 1.29 is 17.9 Å². The van der Waals surface area contributed by atoms with Crippen molar-refractivity contribution in [3.8, 4) is 0 Å². The van der Waals surface area contributed by atoms with Crippen molar-refractivity contribution in [2.24, 2.45) is 5.14 Å². The molecule has 1 fully saturated rings. The Kier molecular flexibility index (Phi) is 5.06. The van der Waals surface area contributed by atoms with Gasteiger partial charge in [-0.3, -0.25) is 4.90 Å². The summed E-state index contributed by atoms with van der Waals surface area (Å²) in [4.78, 5) is 1.84. The van der Waals surface area contributed by atoms with Gasteiger partial charge in [0.05, 0.1) is 6.10 Å². The van der Waals surface area contributed by atoms with Crippen LogP contribution < -0.4 is 5.14 Å². The van der Waals surface area contributed by atoms with Crippen molar-refractivity contribution in [3.63, 3.8) is 0 Å². The van der Waals surface area contributed by atoms with E-state index in [0.717, 1.165) is 0 Å². The normalized spacial score (nSPS) is 22.9. The van der Waals surface area contributed by atoms with Crippen LogP contribution in [0.25, 0.3) is 0 Å². The van der Waals surface area contributed by atoms with Crippen LogP contribution in [0, 0.1) is 0 Å². The fourth-order valence-corrected chi connectivity index (χ4v) is 2.45. The Morgan fingerprint density at radius 1 is 1.31 bits per heavy atom. The highest BCUT2D eigenvalue weighted by Gasteiger charge is 2.22. The Balaban J connectivity index is 2.47. The Morgan fingerprint density at radius 3 is 2.56 bits per heavy atom. The summed E-state index contributed by atoms with van der Waals surface area (Å²) in [6, 6.07) is 0. The Morgan fingerprint density at radius 2 is 2.00 bits per heavy atom. The maximum atomic E-state index is 12.1. The first-order valence-corrected chi connectivity index (χ1v) is 6.68. The zero-order valence-electron chi connectivity index (χ0n) is 9.05. The van der Waals surface area contributed by atoms with E-state index >= 15 is 0 Å². The second-order valence-corrected chi connectivity index (χ2v) is 5.45. The van der Waals surface area contributed by atoms with Crippen molar-refractivity contribution in [2.45, 2.75) is 12.5 Å². The zero-order chi connectivity index (χ0) is 12.2. The lowest BCUT2D eigenvalue weighted by Crippen LogP contribution is -2.40. The minimum Gasteiger partial charge on any atom is -0.389 e. The molecule has 1 aliphatic heterocycles. The number of hydrogen-bond donors (Lipinski definition) is 2. The fraction of sp³-hybridized carbons (Fsp3) is 1.00. The van der Waals surface area contributed by atoms with E-state index in [2.05, 4.69) is 0 Å². The second-order valence-electron chi connectivity index (χ2n) is 3.91. The fourth-order valence-electron chi connectivity index (χ4n) is 1.73. The first-order valence-electron chi connectivity index (χ1n) is 5.17. The summed E-state index contributed by atoms with van der Waals surface area (Å²) in [5.41, 5.74) is 0. The molecular formula is C8H18FN3O3S. The third-order valence-corrected chi connectivity index (χ3v) is 3.64. The predicted octanol–water partition coefficient (Wildman–Crippen LogP) is -1.47. The molecule has 0 amide bonds. The number of halogens is 1. The molecule has 1 heterocycles. The van der Waals surface area contributed by atoms with E-state index in [4.69, 9.17) is 10.2 Å². The van der Waals surface area contributed by atoms with E-state index in [1.165, 1.54) is 4.31 Å². The number of aliphatic hydroxyl groups is 1. The number of hydrogen-bond acceptors (Lipinski definition) is 4. The van der Waals surface area contributed by atoms with E-state index in [-0.39, 0.29) is 13.1 Å². The Hall–Kier alpha value is -0.280. The van der Waals surface area contributed by atoms with Gasteiger partial charge in [-0.2, -0.15) is 12.7 Å². The molecular weight excluding hydrogens is 237 g/mol. The van der Waals surface area contributed by atoms with Gasteiger partial charge < -0.3 is 5.11 Å². The first-order chi connectivity index (χ1) is 7.43. The van der Waals surface area contributed by atoms with Gasteiger partial charge in [-0.05, 0) is 13.0 Å². The summed E-state index contributed by atoms with van der Waals surface area (Å²) in [6.07, 6.45) is -0.365. The summed E-state index contributed by atoms with van der Waals surface area (Å²) in [5.74, 6) is 0. The average Bonchev–Trinajstić information content (AvgIpc) is 2.42. The minimum absolute atomic E-state index is 0.231. The maximum Gasteiger partial charge on any atom is 0.276 e. The average molecular weight is 255 g/mol. The highest BCUT2D eigenvalue weighted by Crippen LogP contribution is 2.06. The molecule has 0 aromatic carbocycles. The summed E-state index contributed by atoms with van der Waals surface area (Å²) in [6.45, 7) is 1.22. The van der Waals surface area contributed by atoms with Crippen LogP contribution in [0.15, 0.2) is 0 Å². The number of alkyl halides is 1. The minimum atomic E-state index is -3.64. The molecule has 0 aromatic rings. The monoisotopic (exact) mass is 255 g/mol. The van der Waals surface area contributed by atoms with Crippen LogP contribution in [-0.2, 0) is 10.2 Å². The SMILES string of the molecule is NS(=O)(=O)N1CCCN(C[C@H](O)CF)CC1. The molecule has 3 N–H and O–H groups in total. The third kappa shape index (κ3) is 4.30. The molecule has 0 unspecified atom stereocenters. The predicted molar refractivity (Wildman–Crippen MR) is 57.7 cm³/mol. The number of nitrogens with two attached hydrogens (primary N) is 1. The summed E-state index contributed by atoms with van der Waals surface area (Å²) >= 11 is 0. The van der Waals surface area contributed by atoms with Gasteiger partial charge in [-0.1, -0.05) is 0 Å². The van der Waals surface area contributed by atoms with Gasteiger partial charge in [0.1, 0.15) is 6.67 Å². The molecule has 0 spiro atoms. The van der Waals surface area contributed by atoms with Crippen LogP contribution in [0.5, 0.6) is 0 Å². The number of rotatable bonds is 4. The molecule has 96 valence electrons. The van der Waals surface area contributed by atoms with E-state index in [0.29, 0.717) is 26.1 Å². The molecule has 0 aliphatic carbocycles. The van der Waals surface area contributed by atoms with E-state index in [1.54, 1.807) is 0 Å². The van der Waals surface area contributed by atoms with Crippen molar-refractivity contribution >= 4 is 10.2 Å². The Bertz CT molecular complexity index is 312. The first kappa shape index (κ1) is 13.8. The molecule has 6 nitrogen and oxygen atoms in total. The highest BCUT2D eigenvalue weighted by atomic mass is 32.2. The van der Waals surface area contributed by atoms with Crippen LogP contribution in [0.3, 0.4) is 0 Å². The van der Waals surface area contributed by atoms with Gasteiger partial charge >= 0.3 is 0 Å². The van der Waals surface area contributed by atoms with Crippen LogP contribution in [0.2, 0.25) is 0 Å². The molecule has 16 heavy (non-hydrogen) atoms. The van der Waals surface area contributed by atoms with Crippen LogP contribution >= 0.6 is 0 Å². The van der Waals surface area contributed by atoms with Gasteiger partial charge in [0.2, 0.25) is 0 Å². The van der Waals surface area contributed by atoms with E-state index in [9.17, 15) is 12.8 Å². The largest absolute Gasteiger partial charge is 0.389 e. The van der Waals surface area contributed by atoms with E-state index < -0.39 is 23.0 Å². The lowest BCUT2D eigenvalue weighted by Gasteiger charge is -2.22. The summed E-state index contributed by atoms with van der Waals surface area (Å²) < 4.78 is 35.5. The lowest BCUT2D eigenvalue weighted by atomic mass is 10.3. The van der Waals surface area contributed by atoms with Gasteiger partial charge in [-0.15, -0.1) is 0 Å².